The lowest BCUT2D eigenvalue weighted by molar-refractivity contribution is -0.116. The van der Waals surface area contributed by atoms with Gasteiger partial charge in [-0.15, -0.1) is 23.1 Å². The number of hydrogen-bond donors (Lipinski definition) is 2. The van der Waals surface area contributed by atoms with Crippen molar-refractivity contribution in [1.82, 2.24) is 0 Å². The summed E-state index contributed by atoms with van der Waals surface area (Å²) in [6, 6.07) is 9.92. The quantitative estimate of drug-likeness (QED) is 0.384. The highest BCUT2D eigenvalue weighted by molar-refractivity contribution is 8.00. The number of thioether (sulfide) groups is 1. The van der Waals surface area contributed by atoms with Gasteiger partial charge in [0.2, 0.25) is 11.8 Å². The predicted octanol–water partition coefficient (Wildman–Crippen LogP) is 7.02. The molecule has 0 saturated heterocycles. The summed E-state index contributed by atoms with van der Waals surface area (Å²) in [7, 11) is 0. The van der Waals surface area contributed by atoms with Crippen LogP contribution in [0.15, 0.2) is 29.2 Å². The van der Waals surface area contributed by atoms with Crippen molar-refractivity contribution in [3.8, 4) is 6.07 Å². The van der Waals surface area contributed by atoms with E-state index < -0.39 is 0 Å². The molecule has 3 rings (SSSR count). The van der Waals surface area contributed by atoms with Gasteiger partial charge >= 0.3 is 0 Å². The molecule has 2 amide bonds. The van der Waals surface area contributed by atoms with E-state index in [1.807, 2.05) is 31.2 Å². The van der Waals surface area contributed by atoms with E-state index in [4.69, 9.17) is 0 Å². The van der Waals surface area contributed by atoms with Gasteiger partial charge in [0.05, 0.1) is 10.8 Å². The first kappa shape index (κ1) is 26.3. The Balaban J connectivity index is 1.66. The van der Waals surface area contributed by atoms with E-state index in [0.717, 1.165) is 48.3 Å². The van der Waals surface area contributed by atoms with Crippen molar-refractivity contribution < 1.29 is 9.59 Å². The molecule has 1 aromatic carbocycles. The summed E-state index contributed by atoms with van der Waals surface area (Å²) < 4.78 is 0. The summed E-state index contributed by atoms with van der Waals surface area (Å²) in [6.45, 7) is 10.7. The maximum Gasteiger partial charge on any atom is 0.238 e. The van der Waals surface area contributed by atoms with Crippen LogP contribution < -0.4 is 10.6 Å². The first-order chi connectivity index (χ1) is 16.1. The molecule has 1 heterocycles. The fourth-order valence-electron chi connectivity index (χ4n) is 4.21. The van der Waals surface area contributed by atoms with Gasteiger partial charge in [-0.05, 0) is 67.7 Å². The lowest BCUT2D eigenvalue weighted by Crippen LogP contribution is -2.26. The Labute approximate surface area is 211 Å². The van der Waals surface area contributed by atoms with Gasteiger partial charge in [0.25, 0.3) is 0 Å². The standard InChI is InChI=1S/C27H35N3O2S2/c1-6-7-11-24(31)29-19-9-8-10-20(15-19)33-17(2)25(32)30-26-22(16-28)21-13-12-18(27(3,4)5)14-23(21)34-26/h8-10,15,17-18H,6-7,11-14H2,1-5H3,(H,29,31)(H,30,32). The number of thiophene rings is 1. The number of anilines is 2. The topological polar surface area (TPSA) is 82.0 Å². The second-order valence-electron chi connectivity index (χ2n) is 10.1. The zero-order valence-electron chi connectivity index (χ0n) is 20.8. The molecule has 2 atom stereocenters. The third-order valence-electron chi connectivity index (χ3n) is 6.40. The summed E-state index contributed by atoms with van der Waals surface area (Å²) in [5, 5.41) is 16.1. The van der Waals surface area contributed by atoms with Gasteiger partial charge in [-0.1, -0.05) is 40.2 Å². The largest absolute Gasteiger partial charge is 0.326 e. The molecule has 0 radical (unpaired) electrons. The van der Waals surface area contributed by atoms with Crippen LogP contribution in [0.25, 0.3) is 0 Å². The van der Waals surface area contributed by atoms with Gasteiger partial charge in [0.15, 0.2) is 0 Å². The molecule has 0 spiro atoms. The summed E-state index contributed by atoms with van der Waals surface area (Å²) in [4.78, 5) is 27.2. The Hall–Kier alpha value is -2.30. The van der Waals surface area contributed by atoms with Gasteiger partial charge < -0.3 is 10.6 Å². The van der Waals surface area contributed by atoms with E-state index in [1.165, 1.54) is 16.6 Å². The second kappa shape index (κ2) is 11.4. The third kappa shape index (κ3) is 6.64. The molecule has 182 valence electrons. The monoisotopic (exact) mass is 497 g/mol. The Morgan fingerprint density at radius 2 is 2.06 bits per heavy atom. The third-order valence-corrected chi connectivity index (χ3v) is 8.66. The maximum atomic E-state index is 13.0. The number of nitrogens with zero attached hydrogens (tertiary/aromatic N) is 1. The average molecular weight is 498 g/mol. The number of nitrogens with one attached hydrogen (secondary N) is 2. The highest BCUT2D eigenvalue weighted by Gasteiger charge is 2.32. The predicted molar refractivity (Wildman–Crippen MR) is 143 cm³/mol. The van der Waals surface area contributed by atoms with E-state index in [0.29, 0.717) is 22.9 Å². The van der Waals surface area contributed by atoms with Gasteiger partial charge in [0.1, 0.15) is 11.1 Å². The molecule has 2 unspecified atom stereocenters. The van der Waals surface area contributed by atoms with Crippen LogP contribution in [0.4, 0.5) is 10.7 Å². The number of unbranched alkanes of at least 4 members (excludes halogenated alkanes) is 1. The zero-order chi connectivity index (χ0) is 24.9. The molecule has 0 saturated carbocycles. The van der Waals surface area contributed by atoms with Crippen LogP contribution in [0.3, 0.4) is 0 Å². The average Bonchev–Trinajstić information content (AvgIpc) is 3.13. The Kier molecular flexibility index (Phi) is 8.83. The molecule has 34 heavy (non-hydrogen) atoms. The minimum Gasteiger partial charge on any atom is -0.326 e. The first-order valence-electron chi connectivity index (χ1n) is 12.0. The van der Waals surface area contributed by atoms with Crippen LogP contribution in [0, 0.1) is 22.7 Å². The molecule has 0 fully saturated rings. The second-order valence-corrected chi connectivity index (χ2v) is 12.6. The fourth-order valence-corrected chi connectivity index (χ4v) is 6.42. The van der Waals surface area contributed by atoms with Crippen LogP contribution in [0.1, 0.15) is 76.3 Å². The number of nitriles is 1. The van der Waals surface area contributed by atoms with Gasteiger partial charge in [-0.2, -0.15) is 5.26 Å². The van der Waals surface area contributed by atoms with Crippen molar-refractivity contribution in [1.29, 1.82) is 5.26 Å². The molecule has 1 aromatic heterocycles. The molecule has 5 nitrogen and oxygen atoms in total. The van der Waals surface area contributed by atoms with Crippen LogP contribution in [-0.4, -0.2) is 17.1 Å². The number of amides is 2. The van der Waals surface area contributed by atoms with Crippen molar-refractivity contribution in [2.24, 2.45) is 11.3 Å². The molecule has 0 bridgehead atoms. The van der Waals surface area contributed by atoms with Crippen molar-refractivity contribution in [2.45, 2.75) is 83.3 Å². The van der Waals surface area contributed by atoms with E-state index in [2.05, 4.69) is 44.4 Å². The molecular weight excluding hydrogens is 462 g/mol. The smallest absolute Gasteiger partial charge is 0.238 e. The van der Waals surface area contributed by atoms with E-state index in [9.17, 15) is 14.9 Å². The molecule has 1 aliphatic carbocycles. The van der Waals surface area contributed by atoms with Crippen molar-refractivity contribution in [2.75, 3.05) is 10.6 Å². The van der Waals surface area contributed by atoms with Gasteiger partial charge in [0, 0.05) is 21.9 Å². The lowest BCUT2D eigenvalue weighted by Gasteiger charge is -2.33. The van der Waals surface area contributed by atoms with E-state index in [-0.39, 0.29) is 22.5 Å². The van der Waals surface area contributed by atoms with Gasteiger partial charge in [-0.3, -0.25) is 9.59 Å². The van der Waals surface area contributed by atoms with Gasteiger partial charge in [-0.25, -0.2) is 0 Å². The number of hydrogen-bond acceptors (Lipinski definition) is 5. The Bertz CT molecular complexity index is 1080. The molecule has 2 aromatic rings. The highest BCUT2D eigenvalue weighted by atomic mass is 32.2. The number of carbonyl (C=O) groups is 2. The number of rotatable bonds is 8. The number of fused-ring (bicyclic) bond motifs is 1. The van der Waals surface area contributed by atoms with Crippen LogP contribution in [-0.2, 0) is 22.4 Å². The van der Waals surface area contributed by atoms with Crippen LogP contribution in [0.5, 0.6) is 0 Å². The summed E-state index contributed by atoms with van der Waals surface area (Å²) in [5.74, 6) is 0.469. The fraction of sp³-hybridized carbons (Fsp3) is 0.519. The molecule has 7 heteroatoms. The van der Waals surface area contributed by atoms with Crippen molar-refractivity contribution >= 4 is 45.6 Å². The molecule has 1 aliphatic rings. The minimum atomic E-state index is -0.348. The summed E-state index contributed by atoms with van der Waals surface area (Å²) >= 11 is 3.00. The van der Waals surface area contributed by atoms with E-state index in [1.54, 1.807) is 11.3 Å². The van der Waals surface area contributed by atoms with Crippen LogP contribution >= 0.6 is 23.1 Å². The first-order valence-corrected chi connectivity index (χ1v) is 13.7. The summed E-state index contributed by atoms with van der Waals surface area (Å²) in [6.07, 6.45) is 5.30. The Morgan fingerprint density at radius 1 is 1.29 bits per heavy atom. The SMILES string of the molecule is CCCCC(=O)Nc1cccc(SC(C)C(=O)Nc2sc3c(c2C#N)CCC(C(C)(C)C)C3)c1. The number of carbonyl (C=O) groups excluding carboxylic acids is 2. The highest BCUT2D eigenvalue weighted by Crippen LogP contribution is 2.44. The minimum absolute atomic E-state index is 0.00851. The summed E-state index contributed by atoms with van der Waals surface area (Å²) in [5.41, 5.74) is 2.72. The molecule has 2 N–H and O–H groups in total. The zero-order valence-corrected chi connectivity index (χ0v) is 22.4. The number of benzene rings is 1. The van der Waals surface area contributed by atoms with Crippen LogP contribution in [0.2, 0.25) is 0 Å². The molecule has 0 aliphatic heterocycles. The Morgan fingerprint density at radius 3 is 2.74 bits per heavy atom. The van der Waals surface area contributed by atoms with Crippen molar-refractivity contribution in [3.63, 3.8) is 0 Å². The van der Waals surface area contributed by atoms with Crippen molar-refractivity contribution in [3.05, 3.63) is 40.3 Å². The lowest BCUT2D eigenvalue weighted by atomic mass is 9.72. The maximum absolute atomic E-state index is 13.0. The normalized spacial score (nSPS) is 16.3. The van der Waals surface area contributed by atoms with E-state index >= 15 is 0 Å². The molecular formula is C27H35N3O2S2.